The molecule has 2 rings (SSSR count). The molecule has 0 fully saturated rings. The van der Waals surface area contributed by atoms with Crippen LogP contribution in [0.4, 0.5) is 0 Å². The van der Waals surface area contributed by atoms with E-state index >= 15 is 0 Å². The Kier molecular flexibility index (Phi) is 4.46. The Hall–Kier alpha value is -1.09. The minimum atomic E-state index is 0.108. The van der Waals surface area contributed by atoms with Crippen molar-refractivity contribution in [3.8, 4) is 5.75 Å². The van der Waals surface area contributed by atoms with Crippen LogP contribution >= 0.6 is 0 Å². The van der Waals surface area contributed by atoms with Crippen LogP contribution in [0.3, 0.4) is 0 Å². The summed E-state index contributed by atoms with van der Waals surface area (Å²) in [6.07, 6.45) is 8.89. The number of hydrogen-bond acceptors (Lipinski definition) is 3. The summed E-state index contributed by atoms with van der Waals surface area (Å²) >= 11 is 0. The monoisotopic (exact) mass is 262 g/mol. The van der Waals surface area contributed by atoms with Gasteiger partial charge in [0.2, 0.25) is 0 Å². The van der Waals surface area contributed by atoms with Crippen LogP contribution < -0.4 is 10.5 Å². The Morgan fingerprint density at radius 3 is 2.79 bits per heavy atom. The van der Waals surface area contributed by atoms with E-state index in [1.807, 2.05) is 6.20 Å². The molecule has 0 saturated carbocycles. The topological polar surface area (TPSA) is 48.1 Å². The second-order valence-electron chi connectivity index (χ2n) is 5.78. The summed E-state index contributed by atoms with van der Waals surface area (Å²) in [7, 11) is 1.68. The highest BCUT2D eigenvalue weighted by Gasteiger charge is 2.43. The van der Waals surface area contributed by atoms with Crippen LogP contribution in [0.25, 0.3) is 0 Å². The zero-order chi connectivity index (χ0) is 13.9. The molecule has 1 aromatic rings. The molecule has 0 amide bonds. The van der Waals surface area contributed by atoms with Crippen LogP contribution in [0.5, 0.6) is 5.75 Å². The highest BCUT2D eigenvalue weighted by Crippen LogP contribution is 2.50. The first-order valence-electron chi connectivity index (χ1n) is 7.45. The number of fused-ring (bicyclic) bond motifs is 1. The summed E-state index contributed by atoms with van der Waals surface area (Å²) in [6, 6.07) is 2.19. The maximum Gasteiger partial charge on any atom is 0.137 e. The molecule has 3 nitrogen and oxygen atoms in total. The lowest BCUT2D eigenvalue weighted by Gasteiger charge is -2.33. The number of ether oxygens (including phenoxy) is 1. The van der Waals surface area contributed by atoms with Gasteiger partial charge in [0.05, 0.1) is 13.3 Å². The number of methoxy groups -OCH3 is 1. The first-order valence-corrected chi connectivity index (χ1v) is 7.45. The van der Waals surface area contributed by atoms with E-state index in [1.54, 1.807) is 7.11 Å². The molecule has 1 aromatic heterocycles. The normalized spacial score (nSPS) is 25.4. The minimum absolute atomic E-state index is 0.108. The van der Waals surface area contributed by atoms with Gasteiger partial charge in [-0.2, -0.15) is 0 Å². The maximum atomic E-state index is 6.58. The fourth-order valence-electron chi connectivity index (χ4n) is 3.43. The third kappa shape index (κ3) is 2.62. The van der Waals surface area contributed by atoms with E-state index in [-0.39, 0.29) is 11.5 Å². The lowest BCUT2D eigenvalue weighted by molar-refractivity contribution is 0.196. The van der Waals surface area contributed by atoms with Gasteiger partial charge in [-0.05, 0) is 36.3 Å². The molecule has 1 aliphatic rings. The summed E-state index contributed by atoms with van der Waals surface area (Å²) in [4.78, 5) is 4.56. The van der Waals surface area contributed by atoms with E-state index in [4.69, 9.17) is 10.5 Å². The molecule has 0 radical (unpaired) electrons. The lowest BCUT2D eigenvalue weighted by atomic mass is 9.73. The smallest absolute Gasteiger partial charge is 0.137 e. The molecule has 0 spiro atoms. The summed E-state index contributed by atoms with van der Waals surface area (Å²) in [5, 5.41) is 0. The van der Waals surface area contributed by atoms with Crippen LogP contribution in [-0.2, 0) is 6.42 Å². The molecule has 2 atom stereocenters. The molecule has 2 unspecified atom stereocenters. The second kappa shape index (κ2) is 5.91. The first kappa shape index (κ1) is 14.3. The Bertz CT molecular complexity index is 433. The zero-order valence-corrected chi connectivity index (χ0v) is 12.4. The van der Waals surface area contributed by atoms with Crippen LogP contribution in [0.15, 0.2) is 12.3 Å². The fourth-order valence-corrected chi connectivity index (χ4v) is 3.43. The van der Waals surface area contributed by atoms with Crippen molar-refractivity contribution in [1.82, 2.24) is 4.98 Å². The standard InChI is InChI=1S/C16H26N2O/c1-4-6-8-16(7-5-2)10-14-13(15(16)17)9-12(19-3)11-18-14/h9,11,15H,4-8,10,17H2,1-3H3. The molecule has 1 aliphatic carbocycles. The summed E-state index contributed by atoms with van der Waals surface area (Å²) in [6.45, 7) is 4.49. The van der Waals surface area contributed by atoms with Gasteiger partial charge in [0.25, 0.3) is 0 Å². The van der Waals surface area contributed by atoms with Crippen molar-refractivity contribution in [2.75, 3.05) is 7.11 Å². The molecule has 106 valence electrons. The second-order valence-corrected chi connectivity index (χ2v) is 5.78. The number of nitrogens with two attached hydrogens (primary N) is 1. The molecular weight excluding hydrogens is 236 g/mol. The van der Waals surface area contributed by atoms with E-state index < -0.39 is 0 Å². The molecular formula is C16H26N2O. The van der Waals surface area contributed by atoms with E-state index in [0.29, 0.717) is 0 Å². The van der Waals surface area contributed by atoms with E-state index in [1.165, 1.54) is 43.4 Å². The zero-order valence-electron chi connectivity index (χ0n) is 12.4. The van der Waals surface area contributed by atoms with E-state index in [2.05, 4.69) is 24.9 Å². The number of hydrogen-bond donors (Lipinski definition) is 1. The van der Waals surface area contributed by atoms with Gasteiger partial charge >= 0.3 is 0 Å². The molecule has 0 aliphatic heterocycles. The first-order chi connectivity index (χ1) is 9.16. The minimum Gasteiger partial charge on any atom is -0.495 e. The average molecular weight is 262 g/mol. The van der Waals surface area contributed by atoms with Crippen LogP contribution in [0.2, 0.25) is 0 Å². The number of rotatable bonds is 6. The molecule has 3 heteroatoms. The average Bonchev–Trinajstić information content (AvgIpc) is 2.70. The van der Waals surface area contributed by atoms with Crippen molar-refractivity contribution >= 4 is 0 Å². The van der Waals surface area contributed by atoms with Gasteiger partial charge in [-0.15, -0.1) is 0 Å². The summed E-state index contributed by atoms with van der Waals surface area (Å²) < 4.78 is 5.28. The van der Waals surface area contributed by atoms with E-state index in [9.17, 15) is 0 Å². The predicted octanol–water partition coefficient (Wildman–Crippen LogP) is 3.62. The number of pyridine rings is 1. The molecule has 1 heterocycles. The molecule has 19 heavy (non-hydrogen) atoms. The summed E-state index contributed by atoms with van der Waals surface area (Å²) in [5.74, 6) is 0.817. The Morgan fingerprint density at radius 1 is 1.37 bits per heavy atom. The number of nitrogens with zero attached hydrogens (tertiary/aromatic N) is 1. The molecule has 0 aromatic carbocycles. The highest BCUT2D eigenvalue weighted by atomic mass is 16.5. The van der Waals surface area contributed by atoms with Crippen molar-refractivity contribution in [2.45, 2.75) is 58.4 Å². The largest absolute Gasteiger partial charge is 0.495 e. The molecule has 2 N–H and O–H groups in total. The number of unbranched alkanes of at least 4 members (excludes halogenated alkanes) is 1. The van der Waals surface area contributed by atoms with Crippen molar-refractivity contribution in [2.24, 2.45) is 11.1 Å². The number of aromatic nitrogens is 1. The molecule has 0 saturated heterocycles. The predicted molar refractivity (Wildman–Crippen MR) is 78.3 cm³/mol. The third-order valence-electron chi connectivity index (χ3n) is 4.50. The van der Waals surface area contributed by atoms with Gasteiger partial charge in [-0.1, -0.05) is 33.1 Å². The van der Waals surface area contributed by atoms with Crippen LogP contribution in [0.1, 0.15) is 63.3 Å². The van der Waals surface area contributed by atoms with Gasteiger partial charge in [0.15, 0.2) is 0 Å². The van der Waals surface area contributed by atoms with Crippen LogP contribution in [-0.4, -0.2) is 12.1 Å². The van der Waals surface area contributed by atoms with Gasteiger partial charge in [-0.25, -0.2) is 0 Å². The maximum absolute atomic E-state index is 6.58. The van der Waals surface area contributed by atoms with E-state index in [0.717, 1.165) is 12.2 Å². The fraction of sp³-hybridized carbons (Fsp3) is 0.688. The third-order valence-corrected chi connectivity index (χ3v) is 4.50. The Labute approximate surface area is 116 Å². The van der Waals surface area contributed by atoms with Gasteiger partial charge in [0.1, 0.15) is 5.75 Å². The Balaban J connectivity index is 2.29. The van der Waals surface area contributed by atoms with Crippen LogP contribution in [0, 0.1) is 5.41 Å². The SMILES string of the molecule is CCCCC1(CCC)Cc2ncc(OC)cc2C1N. The van der Waals surface area contributed by atoms with Crippen molar-refractivity contribution in [3.05, 3.63) is 23.5 Å². The Morgan fingerprint density at radius 2 is 2.16 bits per heavy atom. The van der Waals surface area contributed by atoms with Crippen molar-refractivity contribution in [3.63, 3.8) is 0 Å². The molecule has 0 bridgehead atoms. The quantitative estimate of drug-likeness (QED) is 0.851. The van der Waals surface area contributed by atoms with Gasteiger partial charge in [-0.3, -0.25) is 4.98 Å². The highest BCUT2D eigenvalue weighted by molar-refractivity contribution is 5.38. The van der Waals surface area contributed by atoms with Gasteiger partial charge in [0, 0.05) is 11.7 Å². The summed E-state index contributed by atoms with van der Waals surface area (Å²) in [5.41, 5.74) is 9.17. The lowest BCUT2D eigenvalue weighted by Crippen LogP contribution is -2.31. The van der Waals surface area contributed by atoms with Crippen molar-refractivity contribution in [1.29, 1.82) is 0 Å². The van der Waals surface area contributed by atoms with Gasteiger partial charge < -0.3 is 10.5 Å². The van der Waals surface area contributed by atoms with Crippen molar-refractivity contribution < 1.29 is 4.74 Å².